The van der Waals surface area contributed by atoms with Crippen LogP contribution < -0.4 is 9.80 Å². The Bertz CT molecular complexity index is 740. The van der Waals surface area contributed by atoms with Crippen LogP contribution in [0.3, 0.4) is 0 Å². The summed E-state index contributed by atoms with van der Waals surface area (Å²) >= 11 is 3.55. The molecule has 0 N–H and O–H groups in total. The Hall–Kier alpha value is -2.26. The van der Waals surface area contributed by atoms with E-state index in [9.17, 15) is 0 Å². The van der Waals surface area contributed by atoms with E-state index in [2.05, 4.69) is 111 Å². The molecule has 3 aromatic rings. The molecule has 0 aliphatic carbocycles. The van der Waals surface area contributed by atoms with Gasteiger partial charge in [-0.05, 0) is 42.0 Å². The van der Waals surface area contributed by atoms with Crippen molar-refractivity contribution in [1.29, 1.82) is 0 Å². The maximum Gasteiger partial charge on any atom is 0.128 e. The van der Waals surface area contributed by atoms with E-state index in [-0.39, 0.29) is 6.17 Å². The standard InChI is InChI=1S/C21H19BrN2/c22-18-13-11-17(12-14-18)21-23(19-7-3-1-4-8-19)15-16-24(21)20-9-5-2-6-10-20/h1-14,21H,15-16H2. The van der Waals surface area contributed by atoms with E-state index in [4.69, 9.17) is 0 Å². The van der Waals surface area contributed by atoms with E-state index in [0.29, 0.717) is 0 Å². The largest absolute Gasteiger partial charge is 0.346 e. The predicted molar refractivity (Wildman–Crippen MR) is 104 cm³/mol. The number of para-hydroxylation sites is 2. The first-order valence-corrected chi connectivity index (χ1v) is 9.01. The fourth-order valence-corrected chi connectivity index (χ4v) is 3.67. The molecule has 24 heavy (non-hydrogen) atoms. The van der Waals surface area contributed by atoms with Crippen LogP contribution in [-0.2, 0) is 0 Å². The lowest BCUT2D eigenvalue weighted by molar-refractivity contribution is 0.717. The van der Waals surface area contributed by atoms with Crippen molar-refractivity contribution in [1.82, 2.24) is 0 Å². The zero-order chi connectivity index (χ0) is 16.4. The van der Waals surface area contributed by atoms with E-state index < -0.39 is 0 Å². The Morgan fingerprint density at radius 1 is 0.625 bits per heavy atom. The number of hydrogen-bond acceptors (Lipinski definition) is 2. The van der Waals surface area contributed by atoms with Gasteiger partial charge in [0.1, 0.15) is 6.17 Å². The lowest BCUT2D eigenvalue weighted by atomic mass is 10.1. The molecular formula is C21H19BrN2. The highest BCUT2D eigenvalue weighted by atomic mass is 79.9. The minimum absolute atomic E-state index is 0.211. The highest BCUT2D eigenvalue weighted by Gasteiger charge is 2.33. The molecule has 0 aromatic heterocycles. The topological polar surface area (TPSA) is 6.48 Å². The smallest absolute Gasteiger partial charge is 0.128 e. The zero-order valence-electron chi connectivity index (χ0n) is 13.3. The molecule has 0 bridgehead atoms. The van der Waals surface area contributed by atoms with Crippen LogP contribution in [0.15, 0.2) is 89.4 Å². The first-order chi connectivity index (χ1) is 11.8. The summed E-state index contributed by atoms with van der Waals surface area (Å²) in [5, 5.41) is 0. The Morgan fingerprint density at radius 3 is 1.54 bits per heavy atom. The van der Waals surface area contributed by atoms with Gasteiger partial charge in [-0.1, -0.05) is 64.5 Å². The number of nitrogens with zero attached hydrogens (tertiary/aromatic N) is 2. The van der Waals surface area contributed by atoms with Gasteiger partial charge in [0.2, 0.25) is 0 Å². The Morgan fingerprint density at radius 2 is 1.08 bits per heavy atom. The van der Waals surface area contributed by atoms with Crippen LogP contribution in [0, 0.1) is 0 Å². The van der Waals surface area contributed by atoms with Gasteiger partial charge in [-0.3, -0.25) is 0 Å². The number of anilines is 2. The SMILES string of the molecule is Brc1ccc(C2N(c3ccccc3)CCN2c2ccccc2)cc1. The quantitative estimate of drug-likeness (QED) is 0.595. The van der Waals surface area contributed by atoms with Crippen LogP contribution in [0.4, 0.5) is 11.4 Å². The van der Waals surface area contributed by atoms with Gasteiger partial charge in [-0.25, -0.2) is 0 Å². The minimum Gasteiger partial charge on any atom is -0.346 e. The van der Waals surface area contributed by atoms with E-state index >= 15 is 0 Å². The number of halogens is 1. The third kappa shape index (κ3) is 2.92. The summed E-state index contributed by atoms with van der Waals surface area (Å²) in [6.45, 7) is 2.03. The summed E-state index contributed by atoms with van der Waals surface area (Å²) in [5.74, 6) is 0. The molecule has 1 saturated heterocycles. The van der Waals surface area contributed by atoms with Gasteiger partial charge in [0.15, 0.2) is 0 Å². The fraction of sp³-hybridized carbons (Fsp3) is 0.143. The summed E-state index contributed by atoms with van der Waals surface area (Å²) in [7, 11) is 0. The van der Waals surface area contributed by atoms with Gasteiger partial charge in [0, 0.05) is 28.9 Å². The lowest BCUT2D eigenvalue weighted by Gasteiger charge is -2.33. The normalized spacial score (nSPS) is 15.0. The molecule has 4 rings (SSSR count). The minimum atomic E-state index is 0.211. The van der Waals surface area contributed by atoms with Crippen LogP contribution in [0.25, 0.3) is 0 Å². The summed E-state index contributed by atoms with van der Waals surface area (Å²) in [5.41, 5.74) is 3.84. The molecule has 0 atom stereocenters. The zero-order valence-corrected chi connectivity index (χ0v) is 14.9. The maximum absolute atomic E-state index is 3.55. The molecule has 2 nitrogen and oxygen atoms in total. The van der Waals surface area contributed by atoms with Crippen molar-refractivity contribution < 1.29 is 0 Å². The fourth-order valence-electron chi connectivity index (χ4n) is 3.40. The Balaban J connectivity index is 1.77. The van der Waals surface area contributed by atoms with Gasteiger partial charge >= 0.3 is 0 Å². The van der Waals surface area contributed by atoms with Crippen LogP contribution in [-0.4, -0.2) is 13.1 Å². The summed E-state index contributed by atoms with van der Waals surface area (Å²) in [6, 6.07) is 30.0. The molecule has 1 aliphatic heterocycles. The third-order valence-electron chi connectivity index (χ3n) is 4.52. The average molecular weight is 379 g/mol. The molecule has 1 fully saturated rings. The molecule has 0 amide bonds. The van der Waals surface area contributed by atoms with Gasteiger partial charge in [-0.15, -0.1) is 0 Å². The van der Waals surface area contributed by atoms with Crippen molar-refractivity contribution in [3.8, 4) is 0 Å². The monoisotopic (exact) mass is 378 g/mol. The molecule has 3 aromatic carbocycles. The molecule has 1 heterocycles. The lowest BCUT2D eigenvalue weighted by Crippen LogP contribution is -2.30. The van der Waals surface area contributed by atoms with Crippen molar-refractivity contribution in [2.24, 2.45) is 0 Å². The predicted octanol–water partition coefficient (Wildman–Crippen LogP) is 5.47. The number of benzene rings is 3. The maximum atomic E-state index is 3.55. The van der Waals surface area contributed by atoms with Crippen molar-refractivity contribution in [3.05, 3.63) is 95.0 Å². The highest BCUT2D eigenvalue weighted by molar-refractivity contribution is 9.10. The van der Waals surface area contributed by atoms with Gasteiger partial charge in [0.25, 0.3) is 0 Å². The molecule has 0 unspecified atom stereocenters. The van der Waals surface area contributed by atoms with E-state index in [1.165, 1.54) is 16.9 Å². The average Bonchev–Trinajstić information content (AvgIpc) is 3.09. The van der Waals surface area contributed by atoms with Crippen molar-refractivity contribution in [2.45, 2.75) is 6.17 Å². The van der Waals surface area contributed by atoms with E-state index in [1.54, 1.807) is 0 Å². The van der Waals surface area contributed by atoms with Crippen molar-refractivity contribution in [3.63, 3.8) is 0 Å². The number of hydrogen-bond donors (Lipinski definition) is 0. The van der Waals surface area contributed by atoms with Gasteiger partial charge < -0.3 is 9.80 Å². The van der Waals surface area contributed by atoms with Gasteiger partial charge in [-0.2, -0.15) is 0 Å². The molecule has 0 radical (unpaired) electrons. The molecule has 0 saturated carbocycles. The summed E-state index contributed by atoms with van der Waals surface area (Å²) in [6.07, 6.45) is 0.211. The Kier molecular flexibility index (Phi) is 4.26. The second-order valence-electron chi connectivity index (χ2n) is 5.98. The van der Waals surface area contributed by atoms with Crippen molar-refractivity contribution in [2.75, 3.05) is 22.9 Å². The first kappa shape index (κ1) is 15.3. The Labute approximate surface area is 151 Å². The molecule has 3 heteroatoms. The van der Waals surface area contributed by atoms with E-state index in [0.717, 1.165) is 17.6 Å². The van der Waals surface area contributed by atoms with Crippen molar-refractivity contribution >= 4 is 27.3 Å². The van der Waals surface area contributed by atoms with Crippen LogP contribution in [0.1, 0.15) is 11.7 Å². The molecular weight excluding hydrogens is 360 g/mol. The molecule has 120 valence electrons. The second kappa shape index (κ2) is 6.70. The first-order valence-electron chi connectivity index (χ1n) is 8.22. The van der Waals surface area contributed by atoms with Crippen LogP contribution >= 0.6 is 15.9 Å². The number of rotatable bonds is 3. The molecule has 0 spiro atoms. The van der Waals surface area contributed by atoms with Gasteiger partial charge in [0.05, 0.1) is 0 Å². The second-order valence-corrected chi connectivity index (χ2v) is 6.90. The summed E-state index contributed by atoms with van der Waals surface area (Å²) < 4.78 is 1.11. The van der Waals surface area contributed by atoms with Crippen LogP contribution in [0.2, 0.25) is 0 Å². The summed E-state index contributed by atoms with van der Waals surface area (Å²) in [4.78, 5) is 4.96. The third-order valence-corrected chi connectivity index (χ3v) is 5.04. The van der Waals surface area contributed by atoms with E-state index in [1.807, 2.05) is 0 Å². The molecule has 1 aliphatic rings. The highest BCUT2D eigenvalue weighted by Crippen LogP contribution is 2.37. The van der Waals surface area contributed by atoms with Crippen LogP contribution in [0.5, 0.6) is 0 Å².